The summed E-state index contributed by atoms with van der Waals surface area (Å²) in [5.74, 6) is 0.651. The Kier molecular flexibility index (Phi) is 5.15. The minimum atomic E-state index is -0.225. The monoisotopic (exact) mass is 353 g/mol. The molecule has 1 aliphatic heterocycles. The van der Waals surface area contributed by atoms with Crippen LogP contribution in [0, 0.1) is 0 Å². The van der Waals surface area contributed by atoms with Gasteiger partial charge in [-0.15, -0.1) is 5.10 Å². The Hall–Kier alpha value is -3.06. The van der Waals surface area contributed by atoms with Gasteiger partial charge in [0, 0.05) is 5.56 Å². The summed E-state index contributed by atoms with van der Waals surface area (Å²) in [6.45, 7) is 0. The molecule has 2 aromatic carbocycles. The number of carbonyl (C=O) groups excluding carboxylic acids is 1. The van der Waals surface area contributed by atoms with Crippen LogP contribution < -0.4 is 10.1 Å². The van der Waals surface area contributed by atoms with E-state index in [1.165, 1.54) is 18.0 Å². The Labute approximate surface area is 148 Å². The molecule has 0 radical (unpaired) electrons. The van der Waals surface area contributed by atoms with E-state index >= 15 is 0 Å². The van der Waals surface area contributed by atoms with E-state index in [0.29, 0.717) is 15.6 Å². The van der Waals surface area contributed by atoms with E-state index in [1.807, 2.05) is 24.3 Å². The zero-order valence-corrected chi connectivity index (χ0v) is 14.2. The number of amides is 1. The van der Waals surface area contributed by atoms with Crippen LogP contribution in [-0.4, -0.2) is 29.5 Å². The standard InChI is InChI=1S/C18H15N3O3S/c1-24-14-8-6-12(7-9-14)10-16-17(23)20-18(25-16)21-19-11-13-4-2-3-5-15(13)22/h2-11,22H,1H3,(H,20,21,23). The fraction of sp³-hybridized carbons (Fsp3) is 0.0556. The molecule has 0 bridgehead atoms. The SMILES string of the molecule is COc1ccc(C=C2SC(=NN=Cc3ccccc3O)NC2=O)cc1. The maximum atomic E-state index is 12.0. The van der Waals surface area contributed by atoms with Gasteiger partial charge in [-0.05, 0) is 47.7 Å². The summed E-state index contributed by atoms with van der Waals surface area (Å²) in [6, 6.07) is 14.2. The summed E-state index contributed by atoms with van der Waals surface area (Å²) in [5, 5.41) is 20.6. The summed E-state index contributed by atoms with van der Waals surface area (Å²) in [6.07, 6.45) is 3.20. The van der Waals surface area contributed by atoms with Crippen molar-refractivity contribution in [2.24, 2.45) is 10.2 Å². The molecule has 25 heavy (non-hydrogen) atoms. The fourth-order valence-corrected chi connectivity index (χ4v) is 2.85. The van der Waals surface area contributed by atoms with E-state index in [1.54, 1.807) is 37.5 Å². The molecule has 1 heterocycles. The lowest BCUT2D eigenvalue weighted by atomic mass is 10.2. The molecular formula is C18H15N3O3S. The van der Waals surface area contributed by atoms with Crippen LogP contribution in [0.25, 0.3) is 6.08 Å². The van der Waals surface area contributed by atoms with Crippen LogP contribution in [0.3, 0.4) is 0 Å². The molecule has 6 nitrogen and oxygen atoms in total. The third-order valence-corrected chi connectivity index (χ3v) is 4.25. The van der Waals surface area contributed by atoms with Gasteiger partial charge in [0.2, 0.25) is 0 Å². The number of nitrogens with zero attached hydrogens (tertiary/aromatic N) is 2. The number of nitrogens with one attached hydrogen (secondary N) is 1. The molecule has 1 saturated heterocycles. The van der Waals surface area contributed by atoms with Crippen LogP contribution in [0.15, 0.2) is 63.6 Å². The molecule has 0 spiro atoms. The van der Waals surface area contributed by atoms with Crippen LogP contribution >= 0.6 is 11.8 Å². The van der Waals surface area contributed by atoms with Gasteiger partial charge in [0.15, 0.2) is 5.17 Å². The van der Waals surface area contributed by atoms with E-state index < -0.39 is 0 Å². The number of benzene rings is 2. The number of ether oxygens (including phenoxy) is 1. The number of rotatable bonds is 4. The number of para-hydroxylation sites is 1. The lowest BCUT2D eigenvalue weighted by Crippen LogP contribution is -2.19. The first-order valence-corrected chi connectivity index (χ1v) is 8.21. The molecule has 0 unspecified atom stereocenters. The van der Waals surface area contributed by atoms with Crippen molar-refractivity contribution in [3.05, 3.63) is 64.6 Å². The van der Waals surface area contributed by atoms with Crippen molar-refractivity contribution < 1.29 is 14.6 Å². The Morgan fingerprint density at radius 3 is 2.64 bits per heavy atom. The molecule has 0 saturated carbocycles. The minimum absolute atomic E-state index is 0.120. The largest absolute Gasteiger partial charge is 0.507 e. The molecule has 1 amide bonds. The molecule has 2 N–H and O–H groups in total. The molecule has 1 aliphatic rings. The Morgan fingerprint density at radius 2 is 1.92 bits per heavy atom. The number of methoxy groups -OCH3 is 1. The van der Waals surface area contributed by atoms with Crippen molar-refractivity contribution in [2.45, 2.75) is 0 Å². The first kappa shape index (κ1) is 16.8. The van der Waals surface area contributed by atoms with Crippen LogP contribution in [0.1, 0.15) is 11.1 Å². The molecule has 0 atom stereocenters. The van der Waals surface area contributed by atoms with Gasteiger partial charge in [-0.3, -0.25) is 10.1 Å². The lowest BCUT2D eigenvalue weighted by Gasteiger charge is -1.99. The third-order valence-electron chi connectivity index (χ3n) is 3.35. The number of phenols is 1. The quantitative estimate of drug-likeness (QED) is 0.503. The summed E-state index contributed by atoms with van der Waals surface area (Å²) >= 11 is 1.21. The van der Waals surface area contributed by atoms with Crippen molar-refractivity contribution in [2.75, 3.05) is 7.11 Å². The molecule has 3 rings (SSSR count). The normalized spacial score (nSPS) is 17.4. The summed E-state index contributed by atoms with van der Waals surface area (Å²) in [7, 11) is 1.60. The van der Waals surface area contributed by atoms with Crippen molar-refractivity contribution in [3.63, 3.8) is 0 Å². The topological polar surface area (TPSA) is 83.3 Å². The lowest BCUT2D eigenvalue weighted by molar-refractivity contribution is -0.115. The summed E-state index contributed by atoms with van der Waals surface area (Å²) in [5.41, 5.74) is 1.44. The van der Waals surface area contributed by atoms with Gasteiger partial charge in [0.1, 0.15) is 11.5 Å². The smallest absolute Gasteiger partial charge is 0.264 e. The number of carbonyl (C=O) groups is 1. The number of aromatic hydroxyl groups is 1. The highest BCUT2D eigenvalue weighted by molar-refractivity contribution is 8.18. The van der Waals surface area contributed by atoms with Gasteiger partial charge in [-0.25, -0.2) is 0 Å². The zero-order chi connectivity index (χ0) is 17.6. The molecular weight excluding hydrogens is 338 g/mol. The van der Waals surface area contributed by atoms with Gasteiger partial charge in [-0.2, -0.15) is 5.10 Å². The molecule has 2 aromatic rings. The average molecular weight is 353 g/mol. The van der Waals surface area contributed by atoms with Crippen molar-refractivity contribution in [1.29, 1.82) is 0 Å². The number of amidine groups is 1. The van der Waals surface area contributed by atoms with Crippen molar-refractivity contribution in [3.8, 4) is 11.5 Å². The molecule has 7 heteroatoms. The second-order valence-corrected chi connectivity index (χ2v) is 6.08. The first-order chi connectivity index (χ1) is 12.2. The van der Waals surface area contributed by atoms with Crippen molar-refractivity contribution in [1.82, 2.24) is 5.32 Å². The number of phenolic OH excluding ortho intramolecular Hbond substituents is 1. The van der Waals surface area contributed by atoms with Gasteiger partial charge in [-0.1, -0.05) is 24.3 Å². The predicted octanol–water partition coefficient (Wildman–Crippen LogP) is 2.99. The number of hydrogen-bond acceptors (Lipinski definition) is 6. The fourth-order valence-electron chi connectivity index (χ4n) is 2.07. The molecule has 1 fully saturated rings. The average Bonchev–Trinajstić information content (AvgIpc) is 2.97. The third kappa shape index (κ3) is 4.27. The Balaban J connectivity index is 1.71. The highest BCUT2D eigenvalue weighted by Crippen LogP contribution is 2.26. The van der Waals surface area contributed by atoms with Crippen LogP contribution in [-0.2, 0) is 4.79 Å². The van der Waals surface area contributed by atoms with Gasteiger partial charge in [0.25, 0.3) is 5.91 Å². The maximum Gasteiger partial charge on any atom is 0.264 e. The van der Waals surface area contributed by atoms with E-state index in [-0.39, 0.29) is 11.7 Å². The summed E-state index contributed by atoms with van der Waals surface area (Å²) < 4.78 is 5.11. The Bertz CT molecular complexity index is 873. The highest BCUT2D eigenvalue weighted by Gasteiger charge is 2.23. The van der Waals surface area contributed by atoms with Crippen LogP contribution in [0.5, 0.6) is 11.5 Å². The Morgan fingerprint density at radius 1 is 1.16 bits per heavy atom. The number of hydrogen-bond donors (Lipinski definition) is 2. The van der Waals surface area contributed by atoms with Crippen LogP contribution in [0.4, 0.5) is 0 Å². The first-order valence-electron chi connectivity index (χ1n) is 7.39. The van der Waals surface area contributed by atoms with E-state index in [4.69, 9.17) is 4.74 Å². The maximum absolute atomic E-state index is 12.0. The van der Waals surface area contributed by atoms with E-state index in [0.717, 1.165) is 11.3 Å². The molecule has 0 aromatic heterocycles. The highest BCUT2D eigenvalue weighted by atomic mass is 32.2. The molecule has 0 aliphatic carbocycles. The van der Waals surface area contributed by atoms with Gasteiger partial charge >= 0.3 is 0 Å². The number of thioether (sulfide) groups is 1. The predicted molar refractivity (Wildman–Crippen MR) is 99.8 cm³/mol. The van der Waals surface area contributed by atoms with E-state index in [9.17, 15) is 9.90 Å². The van der Waals surface area contributed by atoms with Gasteiger partial charge in [0.05, 0.1) is 18.2 Å². The van der Waals surface area contributed by atoms with Gasteiger partial charge < -0.3 is 9.84 Å². The van der Waals surface area contributed by atoms with Crippen LogP contribution in [0.2, 0.25) is 0 Å². The minimum Gasteiger partial charge on any atom is -0.507 e. The second-order valence-electron chi connectivity index (χ2n) is 5.05. The van der Waals surface area contributed by atoms with Crippen molar-refractivity contribution >= 4 is 35.1 Å². The summed E-state index contributed by atoms with van der Waals surface area (Å²) in [4.78, 5) is 12.5. The molecule has 126 valence electrons. The van der Waals surface area contributed by atoms with E-state index in [2.05, 4.69) is 15.5 Å². The second kappa shape index (κ2) is 7.67. The zero-order valence-electron chi connectivity index (χ0n) is 13.3.